The molecule has 0 fully saturated rings. The maximum Gasteiger partial charge on any atom is 0.334 e. The van der Waals surface area contributed by atoms with Crippen LogP contribution in [0.3, 0.4) is 0 Å². The highest BCUT2D eigenvalue weighted by Gasteiger charge is 2.30. The fourth-order valence-corrected chi connectivity index (χ4v) is 8.44. The van der Waals surface area contributed by atoms with E-state index >= 15 is 0 Å². The molecule has 210 valence electrons. The zero-order valence-electron chi connectivity index (χ0n) is 23.7. The first kappa shape index (κ1) is 31.0. The summed E-state index contributed by atoms with van der Waals surface area (Å²) in [7, 11) is -4.10. The average molecular weight is 598 g/mol. The van der Waals surface area contributed by atoms with Gasteiger partial charge in [-0.15, -0.1) is 27.5 Å². The van der Waals surface area contributed by atoms with Gasteiger partial charge in [-0.2, -0.15) is 8.42 Å². The fourth-order valence-electron chi connectivity index (χ4n) is 4.75. The summed E-state index contributed by atoms with van der Waals surface area (Å²) < 4.78 is 35.6. The highest BCUT2D eigenvalue weighted by Crippen LogP contribution is 2.38. The number of hydrogen-bond donors (Lipinski definition) is 0. The standard InChI is InChI=1S/C28H40ClN3O3S3/c1-9-15-27(5,6)17-31-24(30-38(34,35)22-13-11-21(29)12-14-22)23-25(36-18-28(7,8)16-10-2)37-20(4)19(3)32(23)26(31)33/h11-14H,9-10,15-18H2,1-8H3. The van der Waals surface area contributed by atoms with Crippen LogP contribution in [0.15, 0.2) is 42.6 Å². The molecule has 0 spiro atoms. The molecular weight excluding hydrogens is 558 g/mol. The zero-order chi connectivity index (χ0) is 28.5. The lowest BCUT2D eigenvalue weighted by atomic mass is 9.88. The van der Waals surface area contributed by atoms with Gasteiger partial charge < -0.3 is 0 Å². The molecule has 2 aliphatic rings. The van der Waals surface area contributed by atoms with E-state index in [9.17, 15) is 13.2 Å². The van der Waals surface area contributed by atoms with Crippen LogP contribution in [0.25, 0.3) is 5.69 Å². The SMILES string of the molecule is CCCC(C)(C)CSc1sc(C)c(C)n2c(=O)n(CC(C)(C)CCC)c(=NS(=O)(=O)c3ccc(Cl)cc3)c1-2. The second-order valence-electron chi connectivity index (χ2n) is 11.5. The number of sulfonamides is 1. The van der Waals surface area contributed by atoms with Crippen molar-refractivity contribution in [3.05, 3.63) is 55.8 Å². The van der Waals surface area contributed by atoms with Gasteiger partial charge in [-0.05, 0) is 61.8 Å². The van der Waals surface area contributed by atoms with Crippen LogP contribution in [0.5, 0.6) is 0 Å². The molecule has 0 aromatic heterocycles. The van der Waals surface area contributed by atoms with Crippen molar-refractivity contribution in [1.82, 2.24) is 9.13 Å². The number of nitrogens with zero attached hydrogens (tertiary/aromatic N) is 3. The van der Waals surface area contributed by atoms with E-state index in [0.29, 0.717) is 17.3 Å². The molecule has 0 bridgehead atoms. The fraction of sp³-hybridized carbons (Fsp3) is 0.571. The monoisotopic (exact) mass is 597 g/mol. The third kappa shape index (κ3) is 6.95. The van der Waals surface area contributed by atoms with E-state index in [-0.39, 0.29) is 26.9 Å². The van der Waals surface area contributed by atoms with Crippen molar-refractivity contribution in [2.45, 2.75) is 96.7 Å². The number of halogens is 1. The molecule has 0 radical (unpaired) electrons. The van der Waals surface area contributed by atoms with Crippen LogP contribution in [-0.2, 0) is 16.6 Å². The predicted molar refractivity (Wildman–Crippen MR) is 161 cm³/mol. The maximum absolute atomic E-state index is 14.0. The van der Waals surface area contributed by atoms with Crippen molar-refractivity contribution in [3.63, 3.8) is 0 Å². The summed E-state index contributed by atoms with van der Waals surface area (Å²) >= 11 is 9.28. The molecule has 0 unspecified atom stereocenters. The van der Waals surface area contributed by atoms with E-state index < -0.39 is 10.0 Å². The van der Waals surface area contributed by atoms with Crippen molar-refractivity contribution in [2.24, 2.45) is 15.2 Å². The minimum absolute atomic E-state index is 0.0406. The van der Waals surface area contributed by atoms with E-state index in [4.69, 9.17) is 11.6 Å². The first-order valence-electron chi connectivity index (χ1n) is 13.1. The lowest BCUT2D eigenvalue weighted by molar-refractivity contribution is 0.272. The Morgan fingerprint density at radius 2 is 1.58 bits per heavy atom. The van der Waals surface area contributed by atoms with Crippen molar-refractivity contribution < 1.29 is 8.42 Å². The summed E-state index contributed by atoms with van der Waals surface area (Å²) in [6, 6.07) is 5.96. The summed E-state index contributed by atoms with van der Waals surface area (Å²) in [5.74, 6) is 0.847. The average Bonchev–Trinajstić information content (AvgIpc) is 3.06. The first-order valence-corrected chi connectivity index (χ1v) is 16.7. The Bertz CT molecular complexity index is 1480. The Balaban J connectivity index is 2.38. The largest absolute Gasteiger partial charge is 0.334 e. The van der Waals surface area contributed by atoms with Crippen molar-refractivity contribution >= 4 is 44.7 Å². The van der Waals surface area contributed by atoms with Gasteiger partial charge in [0.25, 0.3) is 10.0 Å². The molecule has 0 saturated heterocycles. The summed E-state index contributed by atoms with van der Waals surface area (Å²) in [4.78, 5) is 15.0. The predicted octanol–water partition coefficient (Wildman–Crippen LogP) is 7.44. The lowest BCUT2D eigenvalue weighted by Crippen LogP contribution is -2.34. The van der Waals surface area contributed by atoms with Gasteiger partial charge in [0.1, 0.15) is 5.69 Å². The maximum atomic E-state index is 14.0. The van der Waals surface area contributed by atoms with E-state index in [1.165, 1.54) is 24.3 Å². The number of aryl methyl sites for hydroxylation is 1. The second-order valence-corrected chi connectivity index (χ2v) is 16.1. The van der Waals surface area contributed by atoms with Gasteiger partial charge in [-0.3, -0.25) is 9.13 Å². The molecule has 2 aliphatic heterocycles. The number of thioether (sulfide) groups is 1. The topological polar surface area (TPSA) is 73.4 Å². The van der Waals surface area contributed by atoms with Gasteiger partial charge in [-0.25, -0.2) is 4.79 Å². The van der Waals surface area contributed by atoms with Gasteiger partial charge in [0.05, 0.1) is 9.10 Å². The van der Waals surface area contributed by atoms with Crippen LogP contribution in [0.2, 0.25) is 5.02 Å². The van der Waals surface area contributed by atoms with E-state index in [1.54, 1.807) is 32.2 Å². The molecule has 3 rings (SSSR count). The number of hydrogen-bond acceptors (Lipinski definition) is 5. The molecule has 1 aromatic carbocycles. The van der Waals surface area contributed by atoms with Gasteiger partial charge in [0.2, 0.25) is 0 Å². The minimum atomic E-state index is -4.10. The van der Waals surface area contributed by atoms with Crippen LogP contribution in [0, 0.1) is 24.7 Å². The van der Waals surface area contributed by atoms with Gasteiger partial charge in [0, 0.05) is 27.9 Å². The molecule has 1 aromatic rings. The Morgan fingerprint density at radius 3 is 2.16 bits per heavy atom. The van der Waals surface area contributed by atoms with Gasteiger partial charge in [-0.1, -0.05) is 66.0 Å². The van der Waals surface area contributed by atoms with Crippen molar-refractivity contribution in [1.29, 1.82) is 0 Å². The van der Waals surface area contributed by atoms with Gasteiger partial charge in [0.15, 0.2) is 5.49 Å². The zero-order valence-corrected chi connectivity index (χ0v) is 26.9. The van der Waals surface area contributed by atoms with Gasteiger partial charge >= 0.3 is 5.69 Å². The van der Waals surface area contributed by atoms with Crippen LogP contribution in [-0.4, -0.2) is 23.3 Å². The number of fused-ring (bicyclic) bond motifs is 1. The first-order chi connectivity index (χ1) is 17.6. The van der Waals surface area contributed by atoms with Crippen LogP contribution in [0.1, 0.15) is 77.8 Å². The van der Waals surface area contributed by atoms with Crippen molar-refractivity contribution in [3.8, 4) is 5.69 Å². The summed E-state index contributed by atoms with van der Waals surface area (Å²) in [6.07, 6.45) is 4.01. The third-order valence-electron chi connectivity index (χ3n) is 6.75. The summed E-state index contributed by atoms with van der Waals surface area (Å²) in [6.45, 7) is 17.3. The minimum Gasteiger partial charge on any atom is -0.275 e. The molecule has 0 N–H and O–H groups in total. The van der Waals surface area contributed by atoms with E-state index in [0.717, 1.165) is 46.2 Å². The lowest BCUT2D eigenvalue weighted by Gasteiger charge is -2.24. The Morgan fingerprint density at radius 1 is 1.00 bits per heavy atom. The van der Waals surface area contributed by atoms with Crippen LogP contribution >= 0.6 is 34.7 Å². The number of rotatable bonds is 11. The van der Waals surface area contributed by atoms with E-state index in [1.807, 2.05) is 13.8 Å². The summed E-state index contributed by atoms with van der Waals surface area (Å²) in [5, 5.41) is 0.442. The molecule has 2 heterocycles. The highest BCUT2D eigenvalue weighted by atomic mass is 35.5. The quantitative estimate of drug-likeness (QED) is 0.215. The number of benzene rings is 1. The molecule has 10 heteroatoms. The highest BCUT2D eigenvalue weighted by molar-refractivity contribution is 8.01. The molecular formula is C28H40ClN3O3S3. The number of aromatic nitrogens is 2. The summed E-state index contributed by atoms with van der Waals surface area (Å²) in [5.41, 5.74) is 1.20. The smallest absolute Gasteiger partial charge is 0.275 e. The van der Waals surface area contributed by atoms with Crippen LogP contribution in [0.4, 0.5) is 0 Å². The van der Waals surface area contributed by atoms with Crippen molar-refractivity contribution in [2.75, 3.05) is 5.75 Å². The Labute approximate surface area is 240 Å². The van der Waals surface area contributed by atoms with Crippen LogP contribution < -0.4 is 11.2 Å². The van der Waals surface area contributed by atoms with E-state index in [2.05, 4.69) is 45.9 Å². The molecule has 38 heavy (non-hydrogen) atoms. The molecule has 0 aliphatic carbocycles. The number of imidazole rings is 1. The Hall–Kier alpha value is -1.55. The second kappa shape index (κ2) is 11.9. The Kier molecular flexibility index (Phi) is 9.71. The molecule has 0 atom stereocenters. The normalized spacial score (nSPS) is 13.6. The third-order valence-corrected chi connectivity index (χ3v) is 11.2. The molecule has 0 saturated carbocycles. The molecule has 0 amide bonds. The molecule has 6 nitrogen and oxygen atoms in total.